The molecule has 2 aromatic carbocycles. The van der Waals surface area contributed by atoms with Crippen molar-refractivity contribution in [2.24, 2.45) is 0 Å². The van der Waals surface area contributed by atoms with Gasteiger partial charge in [0.1, 0.15) is 11.5 Å². The summed E-state index contributed by atoms with van der Waals surface area (Å²) in [5.74, 6) is 2.34. The van der Waals surface area contributed by atoms with Gasteiger partial charge in [-0.2, -0.15) is 4.98 Å². The number of rotatable bonds is 6. The number of nitrogens with zero attached hydrogens (tertiary/aromatic N) is 4. The van der Waals surface area contributed by atoms with Gasteiger partial charge in [0.25, 0.3) is 11.8 Å². The largest absolute Gasteiger partial charge is 0.497 e. The molecule has 0 saturated carbocycles. The Labute approximate surface area is 181 Å². The summed E-state index contributed by atoms with van der Waals surface area (Å²) in [4.78, 5) is 21.5. The fourth-order valence-electron chi connectivity index (χ4n) is 3.64. The van der Waals surface area contributed by atoms with Gasteiger partial charge in [0.05, 0.1) is 20.8 Å². The average Bonchev–Trinajstić information content (AvgIpc) is 3.27. The number of carbonyl (C=O) groups is 1. The number of hydrogen-bond acceptors (Lipinski definition) is 7. The van der Waals surface area contributed by atoms with Crippen molar-refractivity contribution in [3.05, 3.63) is 59.4 Å². The quantitative estimate of drug-likeness (QED) is 0.604. The molecule has 8 nitrogen and oxygen atoms in total. The minimum absolute atomic E-state index is 0.0295. The lowest BCUT2D eigenvalue weighted by Crippen LogP contribution is -2.48. The molecule has 0 radical (unpaired) electrons. The first-order valence-corrected chi connectivity index (χ1v) is 10.2. The molecule has 0 unspecified atom stereocenters. The Hall–Kier alpha value is -3.39. The predicted molar refractivity (Wildman–Crippen MR) is 115 cm³/mol. The number of carbonyl (C=O) groups excluding carboxylic acids is 1. The summed E-state index contributed by atoms with van der Waals surface area (Å²) in [6.07, 6.45) is 0. The number of amides is 1. The lowest BCUT2D eigenvalue weighted by atomic mass is 10.1. The van der Waals surface area contributed by atoms with E-state index < -0.39 is 0 Å². The van der Waals surface area contributed by atoms with Crippen LogP contribution >= 0.6 is 0 Å². The molecule has 162 valence electrons. The van der Waals surface area contributed by atoms with Crippen LogP contribution in [0.4, 0.5) is 0 Å². The number of ether oxygens (including phenoxy) is 2. The summed E-state index contributed by atoms with van der Waals surface area (Å²) in [7, 11) is 3.15. The van der Waals surface area contributed by atoms with Crippen LogP contribution in [0.2, 0.25) is 0 Å². The van der Waals surface area contributed by atoms with Crippen LogP contribution < -0.4 is 9.47 Å². The molecule has 31 heavy (non-hydrogen) atoms. The molecule has 1 amide bonds. The van der Waals surface area contributed by atoms with Gasteiger partial charge < -0.3 is 18.9 Å². The van der Waals surface area contributed by atoms with Crippen LogP contribution in [0.1, 0.15) is 21.7 Å². The Morgan fingerprint density at radius 2 is 1.74 bits per heavy atom. The summed E-state index contributed by atoms with van der Waals surface area (Å²) in [5, 5.41) is 4.12. The summed E-state index contributed by atoms with van der Waals surface area (Å²) in [6, 6.07) is 13.2. The number of piperazine rings is 1. The van der Waals surface area contributed by atoms with Crippen molar-refractivity contribution >= 4 is 5.91 Å². The Morgan fingerprint density at radius 3 is 2.39 bits per heavy atom. The first-order chi connectivity index (χ1) is 15.1. The van der Waals surface area contributed by atoms with E-state index in [-0.39, 0.29) is 5.91 Å². The molecule has 4 rings (SSSR count). The smallest absolute Gasteiger partial charge is 0.257 e. The van der Waals surface area contributed by atoms with Crippen molar-refractivity contribution in [3.63, 3.8) is 0 Å². The summed E-state index contributed by atoms with van der Waals surface area (Å²) in [6.45, 7) is 5.34. The fourth-order valence-corrected chi connectivity index (χ4v) is 3.64. The highest BCUT2D eigenvalue weighted by Crippen LogP contribution is 2.24. The predicted octanol–water partition coefficient (Wildman–Crippen LogP) is 3.02. The Balaban J connectivity index is 1.36. The van der Waals surface area contributed by atoms with Gasteiger partial charge in [-0.1, -0.05) is 22.9 Å². The van der Waals surface area contributed by atoms with Gasteiger partial charge >= 0.3 is 0 Å². The third-order valence-corrected chi connectivity index (χ3v) is 5.36. The minimum atomic E-state index is -0.0295. The molecular weight excluding hydrogens is 396 g/mol. The molecule has 1 aromatic heterocycles. The van der Waals surface area contributed by atoms with E-state index >= 15 is 0 Å². The van der Waals surface area contributed by atoms with Gasteiger partial charge in [0.2, 0.25) is 0 Å². The molecule has 0 N–H and O–H groups in total. The molecule has 3 aromatic rings. The SMILES string of the molecule is COc1cc(OC)cc(C(=O)N2CCN(Cc3noc(-c4cccc(C)c4)n3)CC2)c1. The van der Waals surface area contributed by atoms with E-state index in [2.05, 4.69) is 15.0 Å². The lowest BCUT2D eigenvalue weighted by Gasteiger charge is -2.34. The number of hydrogen-bond donors (Lipinski definition) is 0. The van der Waals surface area contributed by atoms with Crippen molar-refractivity contribution in [3.8, 4) is 23.0 Å². The van der Waals surface area contributed by atoms with Gasteiger partial charge in [-0.3, -0.25) is 9.69 Å². The van der Waals surface area contributed by atoms with E-state index in [1.807, 2.05) is 36.1 Å². The second-order valence-electron chi connectivity index (χ2n) is 7.55. The van der Waals surface area contributed by atoms with Crippen molar-refractivity contribution in [2.45, 2.75) is 13.5 Å². The van der Waals surface area contributed by atoms with E-state index in [4.69, 9.17) is 14.0 Å². The van der Waals surface area contributed by atoms with Gasteiger partial charge in [-0.15, -0.1) is 0 Å². The third-order valence-electron chi connectivity index (χ3n) is 5.36. The van der Waals surface area contributed by atoms with Crippen LogP contribution in [0, 0.1) is 6.92 Å². The van der Waals surface area contributed by atoms with E-state index in [1.165, 1.54) is 0 Å². The monoisotopic (exact) mass is 422 g/mol. The number of aromatic nitrogens is 2. The zero-order valence-corrected chi connectivity index (χ0v) is 18.0. The Morgan fingerprint density at radius 1 is 1.03 bits per heavy atom. The molecule has 1 aliphatic heterocycles. The van der Waals surface area contributed by atoms with Crippen LogP contribution in [0.15, 0.2) is 47.0 Å². The van der Waals surface area contributed by atoms with E-state index in [0.29, 0.717) is 48.4 Å². The highest BCUT2D eigenvalue weighted by Gasteiger charge is 2.24. The maximum atomic E-state index is 12.9. The third kappa shape index (κ3) is 4.86. The second kappa shape index (κ2) is 9.18. The lowest BCUT2D eigenvalue weighted by molar-refractivity contribution is 0.0623. The van der Waals surface area contributed by atoms with Crippen molar-refractivity contribution in [2.75, 3.05) is 40.4 Å². The van der Waals surface area contributed by atoms with Crippen LogP contribution in [-0.2, 0) is 6.54 Å². The molecule has 1 saturated heterocycles. The first kappa shape index (κ1) is 20.9. The van der Waals surface area contributed by atoms with Crippen LogP contribution in [-0.4, -0.2) is 66.2 Å². The van der Waals surface area contributed by atoms with E-state index in [0.717, 1.165) is 24.2 Å². The molecule has 1 aliphatic rings. The van der Waals surface area contributed by atoms with Crippen LogP contribution in [0.5, 0.6) is 11.5 Å². The van der Waals surface area contributed by atoms with E-state index in [1.54, 1.807) is 32.4 Å². The Bertz CT molecular complexity index is 1030. The zero-order valence-electron chi connectivity index (χ0n) is 18.0. The number of benzene rings is 2. The minimum Gasteiger partial charge on any atom is -0.497 e. The summed E-state index contributed by atoms with van der Waals surface area (Å²) < 4.78 is 16.0. The number of aryl methyl sites for hydroxylation is 1. The standard InChI is InChI=1S/C23H26N4O4/c1-16-5-4-6-17(11-16)22-24-21(25-31-22)15-26-7-9-27(10-8-26)23(28)18-12-19(29-2)14-20(13-18)30-3/h4-6,11-14H,7-10,15H2,1-3H3. The van der Waals surface area contributed by atoms with Crippen LogP contribution in [0.3, 0.4) is 0 Å². The first-order valence-electron chi connectivity index (χ1n) is 10.2. The molecule has 0 bridgehead atoms. The summed E-state index contributed by atoms with van der Waals surface area (Å²) in [5.41, 5.74) is 2.63. The molecular formula is C23H26N4O4. The van der Waals surface area contributed by atoms with Crippen molar-refractivity contribution < 1.29 is 18.8 Å². The second-order valence-corrected chi connectivity index (χ2v) is 7.55. The summed E-state index contributed by atoms with van der Waals surface area (Å²) >= 11 is 0. The normalized spacial score (nSPS) is 14.5. The highest BCUT2D eigenvalue weighted by molar-refractivity contribution is 5.95. The van der Waals surface area contributed by atoms with Gasteiger partial charge in [0, 0.05) is 43.4 Å². The van der Waals surface area contributed by atoms with Crippen LogP contribution in [0.25, 0.3) is 11.5 Å². The topological polar surface area (TPSA) is 80.9 Å². The van der Waals surface area contributed by atoms with Crippen molar-refractivity contribution in [1.29, 1.82) is 0 Å². The molecule has 1 fully saturated rings. The highest BCUT2D eigenvalue weighted by atomic mass is 16.5. The average molecular weight is 422 g/mol. The maximum Gasteiger partial charge on any atom is 0.257 e. The molecule has 8 heteroatoms. The van der Waals surface area contributed by atoms with Gasteiger partial charge in [0.15, 0.2) is 5.82 Å². The van der Waals surface area contributed by atoms with Crippen molar-refractivity contribution in [1.82, 2.24) is 19.9 Å². The molecule has 0 aliphatic carbocycles. The van der Waals surface area contributed by atoms with Gasteiger partial charge in [-0.25, -0.2) is 0 Å². The van der Waals surface area contributed by atoms with Gasteiger partial charge in [-0.05, 0) is 31.2 Å². The molecule has 0 atom stereocenters. The van der Waals surface area contributed by atoms with E-state index in [9.17, 15) is 4.79 Å². The number of methoxy groups -OCH3 is 2. The molecule has 0 spiro atoms. The molecule has 2 heterocycles. The fraction of sp³-hybridized carbons (Fsp3) is 0.348. The zero-order chi connectivity index (χ0) is 21.8. The maximum absolute atomic E-state index is 12.9. The Kier molecular flexibility index (Phi) is 6.18.